The minimum absolute atomic E-state index is 0.0989. The van der Waals surface area contributed by atoms with Gasteiger partial charge in [0.1, 0.15) is 0 Å². The number of benzene rings is 1. The van der Waals surface area contributed by atoms with Crippen LogP contribution >= 0.6 is 0 Å². The molecule has 1 heterocycles. The van der Waals surface area contributed by atoms with Gasteiger partial charge in [-0.2, -0.15) is 0 Å². The molecule has 1 saturated heterocycles. The minimum Gasteiger partial charge on any atom is -0.374 e. The lowest BCUT2D eigenvalue weighted by Gasteiger charge is -2.27. The SMILES string of the molecule is CC(OCCCNC(=O)CC(C)C1CCNCC1)c1ccccc1. The van der Waals surface area contributed by atoms with Crippen LogP contribution in [0.1, 0.15) is 51.2 Å². The van der Waals surface area contributed by atoms with Crippen molar-refractivity contribution in [3.05, 3.63) is 35.9 Å². The smallest absolute Gasteiger partial charge is 0.220 e. The van der Waals surface area contributed by atoms with Crippen LogP contribution in [0.4, 0.5) is 0 Å². The van der Waals surface area contributed by atoms with E-state index < -0.39 is 0 Å². The van der Waals surface area contributed by atoms with Crippen molar-refractivity contribution in [3.63, 3.8) is 0 Å². The lowest BCUT2D eigenvalue weighted by Crippen LogP contribution is -2.33. The second kappa shape index (κ2) is 10.5. The highest BCUT2D eigenvalue weighted by atomic mass is 16.5. The van der Waals surface area contributed by atoms with Crippen LogP contribution in [-0.2, 0) is 9.53 Å². The Morgan fingerprint density at radius 2 is 1.96 bits per heavy atom. The van der Waals surface area contributed by atoms with Crippen molar-refractivity contribution in [2.75, 3.05) is 26.2 Å². The van der Waals surface area contributed by atoms with Crippen molar-refractivity contribution in [3.8, 4) is 0 Å². The van der Waals surface area contributed by atoms with Crippen LogP contribution in [-0.4, -0.2) is 32.1 Å². The molecule has 1 fully saturated rings. The zero-order chi connectivity index (χ0) is 17.2. The normalized spacial score (nSPS) is 18.1. The molecular formula is C20H32N2O2. The average Bonchev–Trinajstić information content (AvgIpc) is 2.62. The summed E-state index contributed by atoms with van der Waals surface area (Å²) in [6.45, 7) is 7.81. The summed E-state index contributed by atoms with van der Waals surface area (Å²) in [6, 6.07) is 10.2. The van der Waals surface area contributed by atoms with E-state index in [4.69, 9.17) is 4.74 Å². The standard InChI is InChI=1S/C20H32N2O2/c1-16(18-9-12-21-13-10-18)15-20(23)22-11-6-14-24-17(2)19-7-4-3-5-8-19/h3-5,7-8,16-18,21H,6,9-15H2,1-2H3,(H,22,23). The number of rotatable bonds is 9. The van der Waals surface area contributed by atoms with Gasteiger partial charge < -0.3 is 15.4 Å². The van der Waals surface area contributed by atoms with Crippen LogP contribution in [0.2, 0.25) is 0 Å². The molecule has 1 amide bonds. The van der Waals surface area contributed by atoms with Crippen LogP contribution in [0, 0.1) is 11.8 Å². The first kappa shape index (κ1) is 18.9. The number of carbonyl (C=O) groups is 1. The summed E-state index contributed by atoms with van der Waals surface area (Å²) >= 11 is 0. The zero-order valence-corrected chi connectivity index (χ0v) is 15.1. The molecule has 0 bridgehead atoms. The molecule has 0 aromatic heterocycles. The maximum absolute atomic E-state index is 12.0. The van der Waals surface area contributed by atoms with Crippen LogP contribution in [0.3, 0.4) is 0 Å². The first-order chi connectivity index (χ1) is 11.7. The molecule has 2 atom stereocenters. The van der Waals surface area contributed by atoms with Crippen LogP contribution in [0.25, 0.3) is 0 Å². The van der Waals surface area contributed by atoms with E-state index in [0.717, 1.165) is 19.5 Å². The summed E-state index contributed by atoms with van der Waals surface area (Å²) in [7, 11) is 0. The van der Waals surface area contributed by atoms with Crippen molar-refractivity contribution >= 4 is 5.91 Å². The lowest BCUT2D eigenvalue weighted by molar-refractivity contribution is -0.122. The molecule has 0 aliphatic carbocycles. The number of piperidine rings is 1. The Balaban J connectivity index is 1.54. The van der Waals surface area contributed by atoms with E-state index in [9.17, 15) is 4.79 Å². The summed E-state index contributed by atoms with van der Waals surface area (Å²) in [5.74, 6) is 1.34. The Morgan fingerprint density at radius 1 is 1.25 bits per heavy atom. The average molecular weight is 332 g/mol. The van der Waals surface area contributed by atoms with Crippen molar-refractivity contribution < 1.29 is 9.53 Å². The van der Waals surface area contributed by atoms with Gasteiger partial charge in [-0.15, -0.1) is 0 Å². The Kier molecular flexibility index (Phi) is 8.26. The molecule has 1 aromatic rings. The predicted octanol–water partition coefficient (Wildman–Crippen LogP) is 3.30. The number of hydrogen-bond donors (Lipinski definition) is 2. The van der Waals surface area contributed by atoms with Gasteiger partial charge in [-0.1, -0.05) is 37.3 Å². The second-order valence-corrected chi connectivity index (χ2v) is 6.90. The van der Waals surface area contributed by atoms with Crippen molar-refractivity contribution in [2.45, 2.75) is 45.6 Å². The van der Waals surface area contributed by atoms with Gasteiger partial charge in [0, 0.05) is 19.6 Å². The maximum atomic E-state index is 12.0. The predicted molar refractivity (Wildman–Crippen MR) is 97.8 cm³/mol. The second-order valence-electron chi connectivity index (χ2n) is 6.90. The third-order valence-corrected chi connectivity index (χ3v) is 4.98. The van der Waals surface area contributed by atoms with E-state index in [1.54, 1.807) is 0 Å². The molecule has 2 N–H and O–H groups in total. The summed E-state index contributed by atoms with van der Waals surface area (Å²) < 4.78 is 5.83. The summed E-state index contributed by atoms with van der Waals surface area (Å²) in [6.07, 6.45) is 3.98. The van der Waals surface area contributed by atoms with Gasteiger partial charge in [0.15, 0.2) is 0 Å². The van der Waals surface area contributed by atoms with Crippen molar-refractivity contribution in [1.29, 1.82) is 0 Å². The molecule has 1 aliphatic rings. The number of amides is 1. The Hall–Kier alpha value is -1.39. The molecular weight excluding hydrogens is 300 g/mol. The molecule has 2 unspecified atom stereocenters. The molecule has 0 saturated carbocycles. The topological polar surface area (TPSA) is 50.4 Å². The Labute approximate surface area is 146 Å². The highest BCUT2D eigenvalue weighted by Crippen LogP contribution is 2.24. The fraction of sp³-hybridized carbons (Fsp3) is 0.650. The molecule has 0 spiro atoms. The van der Waals surface area contributed by atoms with E-state index in [-0.39, 0.29) is 12.0 Å². The molecule has 24 heavy (non-hydrogen) atoms. The quantitative estimate of drug-likeness (QED) is 0.682. The first-order valence-electron chi connectivity index (χ1n) is 9.30. The minimum atomic E-state index is 0.0989. The third kappa shape index (κ3) is 6.62. The zero-order valence-electron chi connectivity index (χ0n) is 15.1. The van der Waals surface area contributed by atoms with Crippen molar-refractivity contribution in [1.82, 2.24) is 10.6 Å². The molecule has 4 nitrogen and oxygen atoms in total. The number of hydrogen-bond acceptors (Lipinski definition) is 3. The van der Waals surface area contributed by atoms with E-state index >= 15 is 0 Å². The summed E-state index contributed by atoms with van der Waals surface area (Å²) in [5.41, 5.74) is 1.19. The van der Waals surface area contributed by atoms with Gasteiger partial charge in [0.05, 0.1) is 6.10 Å². The van der Waals surface area contributed by atoms with E-state index in [2.05, 4.69) is 36.6 Å². The highest BCUT2D eigenvalue weighted by Gasteiger charge is 2.21. The highest BCUT2D eigenvalue weighted by molar-refractivity contribution is 5.76. The molecule has 2 rings (SSSR count). The number of carbonyl (C=O) groups excluding carboxylic acids is 1. The number of nitrogens with one attached hydrogen (secondary N) is 2. The van der Waals surface area contributed by atoms with Gasteiger partial charge >= 0.3 is 0 Å². The van der Waals surface area contributed by atoms with E-state index in [1.165, 1.54) is 18.4 Å². The van der Waals surface area contributed by atoms with Crippen LogP contribution in [0.15, 0.2) is 30.3 Å². The third-order valence-electron chi connectivity index (χ3n) is 4.98. The summed E-state index contributed by atoms with van der Waals surface area (Å²) in [5, 5.41) is 6.41. The molecule has 134 valence electrons. The van der Waals surface area contributed by atoms with Gasteiger partial charge in [0.2, 0.25) is 5.91 Å². The fourth-order valence-electron chi connectivity index (χ4n) is 3.32. The maximum Gasteiger partial charge on any atom is 0.220 e. The number of ether oxygens (including phenoxy) is 1. The first-order valence-corrected chi connectivity index (χ1v) is 9.30. The van der Waals surface area contributed by atoms with Gasteiger partial charge in [0.25, 0.3) is 0 Å². The van der Waals surface area contributed by atoms with Crippen molar-refractivity contribution in [2.24, 2.45) is 11.8 Å². The van der Waals surface area contributed by atoms with Gasteiger partial charge in [-0.05, 0) is 56.7 Å². The van der Waals surface area contributed by atoms with Gasteiger partial charge in [-0.3, -0.25) is 4.79 Å². The molecule has 1 aliphatic heterocycles. The molecule has 0 radical (unpaired) electrons. The lowest BCUT2D eigenvalue weighted by atomic mass is 9.84. The van der Waals surface area contributed by atoms with Crippen LogP contribution < -0.4 is 10.6 Å². The fourth-order valence-corrected chi connectivity index (χ4v) is 3.32. The molecule has 4 heteroatoms. The van der Waals surface area contributed by atoms with E-state index in [0.29, 0.717) is 31.4 Å². The monoisotopic (exact) mass is 332 g/mol. The van der Waals surface area contributed by atoms with Crippen LogP contribution in [0.5, 0.6) is 0 Å². The Bertz CT molecular complexity index is 472. The molecule has 1 aromatic carbocycles. The largest absolute Gasteiger partial charge is 0.374 e. The Morgan fingerprint density at radius 3 is 2.67 bits per heavy atom. The van der Waals surface area contributed by atoms with E-state index in [1.807, 2.05) is 18.2 Å². The van der Waals surface area contributed by atoms with Gasteiger partial charge in [-0.25, -0.2) is 0 Å². The summed E-state index contributed by atoms with van der Waals surface area (Å²) in [4.78, 5) is 12.0.